The zero-order chi connectivity index (χ0) is 24.3. The van der Waals surface area contributed by atoms with E-state index >= 15 is 0 Å². The quantitative estimate of drug-likeness (QED) is 0.359. The van der Waals surface area contributed by atoms with Crippen LogP contribution in [0.15, 0.2) is 0 Å². The normalized spacial score (nSPS) is 41.5. The second-order valence-electron chi connectivity index (χ2n) is 13.0. The van der Waals surface area contributed by atoms with Gasteiger partial charge in [-0.05, 0) is 91.8 Å². The molecule has 0 aromatic heterocycles. The third-order valence-corrected chi connectivity index (χ3v) is 11.2. The van der Waals surface area contributed by atoms with Crippen molar-refractivity contribution in [3.05, 3.63) is 0 Å². The molecule has 8 atom stereocenters. The monoisotopic (exact) mass is 473 g/mol. The molecule has 4 saturated carbocycles. The molecule has 4 aliphatic carbocycles. The smallest absolute Gasteiger partial charge is 0.219 e. The third kappa shape index (κ3) is 5.13. The summed E-state index contributed by atoms with van der Waals surface area (Å²) in [5.41, 5.74) is 0.419. The summed E-state index contributed by atoms with van der Waals surface area (Å²) < 4.78 is 0. The summed E-state index contributed by atoms with van der Waals surface area (Å²) in [7, 11) is 0. The summed E-state index contributed by atoms with van der Waals surface area (Å²) in [6.45, 7) is 7.90. The Morgan fingerprint density at radius 1 is 1.00 bits per heavy atom. The lowest BCUT2D eigenvalue weighted by Gasteiger charge is -2.62. The number of aliphatic hydroxyl groups excluding tert-OH is 1. The Labute approximate surface area is 208 Å². The van der Waals surface area contributed by atoms with E-state index in [4.69, 9.17) is 0 Å². The Morgan fingerprint density at radius 3 is 2.59 bits per heavy atom. The van der Waals surface area contributed by atoms with Crippen molar-refractivity contribution in [1.29, 1.82) is 0 Å². The maximum atomic E-state index is 12.4. The first-order valence-electron chi connectivity index (χ1n) is 14.8. The second-order valence-corrected chi connectivity index (χ2v) is 13.0. The van der Waals surface area contributed by atoms with Crippen molar-refractivity contribution < 1.29 is 14.7 Å². The van der Waals surface area contributed by atoms with Gasteiger partial charge in [0.05, 0.1) is 6.10 Å². The number of hydrogen-bond acceptors (Lipinski definition) is 3. The van der Waals surface area contributed by atoms with Gasteiger partial charge in [-0.2, -0.15) is 0 Å². The van der Waals surface area contributed by atoms with Gasteiger partial charge in [0.15, 0.2) is 0 Å². The number of rotatable bonds is 10. The van der Waals surface area contributed by atoms with Gasteiger partial charge in [0.25, 0.3) is 0 Å². The molecule has 4 heteroatoms. The highest BCUT2D eigenvalue weighted by Crippen LogP contribution is 2.67. The topological polar surface area (TPSA) is 66.4 Å². The van der Waals surface area contributed by atoms with Crippen LogP contribution in [0.1, 0.15) is 124 Å². The number of aliphatic hydroxyl groups is 1. The first-order chi connectivity index (χ1) is 16.3. The molecule has 0 heterocycles. The molecular weight excluding hydrogens is 422 g/mol. The van der Waals surface area contributed by atoms with Crippen LogP contribution in [0.2, 0.25) is 0 Å². The van der Waals surface area contributed by atoms with E-state index in [9.17, 15) is 14.7 Å². The molecule has 34 heavy (non-hydrogen) atoms. The van der Waals surface area contributed by atoms with Crippen molar-refractivity contribution in [3.63, 3.8) is 0 Å². The average Bonchev–Trinajstić information content (AvgIpc) is 3.11. The SMILES string of the molecule is CCCCCNC(=O)CCCCCC1CC2CC(=O)CC[C@]2(C)[C@@H]2CC[C@]3(C)C(O)CC[C@H]3[C@H]12. The largest absolute Gasteiger partial charge is 0.393 e. The number of amides is 1. The summed E-state index contributed by atoms with van der Waals surface area (Å²) in [6.07, 6.45) is 17.0. The lowest BCUT2D eigenvalue weighted by Crippen LogP contribution is -2.57. The van der Waals surface area contributed by atoms with Crippen molar-refractivity contribution >= 4 is 11.7 Å². The summed E-state index contributed by atoms with van der Waals surface area (Å²) in [5.74, 6) is 4.04. The fraction of sp³-hybridized carbons (Fsp3) is 0.933. The lowest BCUT2D eigenvalue weighted by atomic mass is 9.42. The highest BCUT2D eigenvalue weighted by Gasteiger charge is 2.62. The standard InChI is InChI=1S/C30H51NO3/c1-4-5-9-18-31-27(34)11-8-6-7-10-21-19-22-20-23(32)14-16-29(22,2)25-15-17-30(3)24(28(21)25)12-13-26(30)33/h21-22,24-26,28,33H,4-20H2,1-3H3,(H,31,34)/t21?,22?,24-,25+,26?,28-,29-,30-/m0/s1. The first kappa shape index (κ1) is 26.2. The number of carbonyl (C=O) groups is 2. The van der Waals surface area contributed by atoms with Gasteiger partial charge >= 0.3 is 0 Å². The molecule has 0 aromatic rings. The van der Waals surface area contributed by atoms with E-state index < -0.39 is 0 Å². The molecule has 4 aliphatic rings. The van der Waals surface area contributed by atoms with Gasteiger partial charge in [-0.15, -0.1) is 0 Å². The minimum Gasteiger partial charge on any atom is -0.393 e. The fourth-order valence-corrected chi connectivity index (χ4v) is 9.05. The van der Waals surface area contributed by atoms with Crippen LogP contribution in [-0.2, 0) is 9.59 Å². The van der Waals surface area contributed by atoms with Gasteiger partial charge < -0.3 is 10.4 Å². The van der Waals surface area contributed by atoms with Crippen LogP contribution in [0.25, 0.3) is 0 Å². The predicted octanol–water partition coefficient (Wildman–Crippen LogP) is 6.44. The molecule has 3 unspecified atom stereocenters. The van der Waals surface area contributed by atoms with Gasteiger partial charge in [-0.1, -0.05) is 52.9 Å². The second kappa shape index (κ2) is 11.0. The van der Waals surface area contributed by atoms with Gasteiger partial charge in [0.2, 0.25) is 5.91 Å². The van der Waals surface area contributed by atoms with E-state index in [0.717, 1.165) is 63.8 Å². The molecular formula is C30H51NO3. The van der Waals surface area contributed by atoms with Crippen molar-refractivity contribution in [3.8, 4) is 0 Å². The molecule has 194 valence electrons. The van der Waals surface area contributed by atoms with Crippen molar-refractivity contribution in [1.82, 2.24) is 5.32 Å². The van der Waals surface area contributed by atoms with E-state index in [1.165, 1.54) is 44.9 Å². The summed E-state index contributed by atoms with van der Waals surface area (Å²) in [6, 6.07) is 0. The van der Waals surface area contributed by atoms with Gasteiger partial charge in [0, 0.05) is 25.8 Å². The maximum absolute atomic E-state index is 12.4. The van der Waals surface area contributed by atoms with Crippen LogP contribution in [-0.4, -0.2) is 29.4 Å². The molecule has 4 fully saturated rings. The molecule has 4 rings (SSSR count). The van der Waals surface area contributed by atoms with Gasteiger partial charge in [-0.25, -0.2) is 0 Å². The lowest BCUT2D eigenvalue weighted by molar-refractivity contribution is -0.156. The van der Waals surface area contributed by atoms with Crippen molar-refractivity contribution in [2.75, 3.05) is 6.54 Å². The van der Waals surface area contributed by atoms with Gasteiger partial charge in [0.1, 0.15) is 5.78 Å². The molecule has 0 aromatic carbocycles. The summed E-state index contributed by atoms with van der Waals surface area (Å²) >= 11 is 0. The Morgan fingerprint density at radius 2 is 1.79 bits per heavy atom. The van der Waals surface area contributed by atoms with E-state index in [-0.39, 0.29) is 17.4 Å². The average molecular weight is 474 g/mol. The Kier molecular flexibility index (Phi) is 8.48. The number of nitrogens with one attached hydrogen (secondary N) is 1. The molecule has 0 bridgehead atoms. The summed E-state index contributed by atoms with van der Waals surface area (Å²) in [4.78, 5) is 24.5. The Balaban J connectivity index is 1.36. The van der Waals surface area contributed by atoms with Crippen LogP contribution in [0.5, 0.6) is 0 Å². The molecule has 0 aliphatic heterocycles. The minimum absolute atomic E-state index is 0.100. The molecule has 0 saturated heterocycles. The molecule has 0 spiro atoms. The van der Waals surface area contributed by atoms with Crippen LogP contribution in [0, 0.1) is 40.4 Å². The fourth-order valence-electron chi connectivity index (χ4n) is 9.05. The maximum Gasteiger partial charge on any atom is 0.219 e. The Hall–Kier alpha value is -0.900. The van der Waals surface area contributed by atoms with Crippen LogP contribution < -0.4 is 5.32 Å². The summed E-state index contributed by atoms with van der Waals surface area (Å²) in [5, 5.41) is 14.0. The number of fused-ring (bicyclic) bond motifs is 5. The van der Waals surface area contributed by atoms with Crippen LogP contribution >= 0.6 is 0 Å². The number of ketones is 1. The zero-order valence-corrected chi connectivity index (χ0v) is 22.2. The van der Waals surface area contributed by atoms with E-state index in [1.54, 1.807) is 0 Å². The zero-order valence-electron chi connectivity index (χ0n) is 22.2. The molecule has 2 N–H and O–H groups in total. The van der Waals surface area contributed by atoms with E-state index in [1.807, 2.05) is 0 Å². The van der Waals surface area contributed by atoms with E-state index in [2.05, 4.69) is 26.1 Å². The Bertz CT molecular complexity index is 722. The molecule has 4 nitrogen and oxygen atoms in total. The number of carbonyl (C=O) groups excluding carboxylic acids is 2. The number of hydrogen-bond donors (Lipinski definition) is 2. The number of Topliss-reactive ketones (excluding diaryl/α,β-unsaturated/α-hetero) is 1. The third-order valence-electron chi connectivity index (χ3n) is 11.2. The first-order valence-corrected chi connectivity index (χ1v) is 14.8. The minimum atomic E-state index is -0.131. The van der Waals surface area contributed by atoms with Gasteiger partial charge in [-0.3, -0.25) is 9.59 Å². The van der Waals surface area contributed by atoms with Crippen molar-refractivity contribution in [2.45, 2.75) is 130 Å². The van der Waals surface area contributed by atoms with Crippen LogP contribution in [0.3, 0.4) is 0 Å². The highest BCUT2D eigenvalue weighted by atomic mass is 16.3. The van der Waals surface area contributed by atoms with E-state index in [0.29, 0.717) is 41.3 Å². The van der Waals surface area contributed by atoms with Crippen molar-refractivity contribution in [2.24, 2.45) is 40.4 Å². The molecule has 1 amide bonds. The number of unbranched alkanes of at least 4 members (excludes halogenated alkanes) is 4. The van der Waals surface area contributed by atoms with Crippen LogP contribution in [0.4, 0.5) is 0 Å². The predicted molar refractivity (Wildman–Crippen MR) is 137 cm³/mol. The highest BCUT2D eigenvalue weighted by molar-refractivity contribution is 5.79. The molecule has 0 radical (unpaired) electrons.